The predicted octanol–water partition coefficient (Wildman–Crippen LogP) is 0.113. The van der Waals surface area contributed by atoms with Gasteiger partial charge in [0.05, 0.1) is 15.1 Å². The molecule has 2 heterocycles. The lowest BCUT2D eigenvalue weighted by atomic mass is 10.3. The number of amides is 3. The van der Waals surface area contributed by atoms with Crippen molar-refractivity contribution in [3.8, 4) is 0 Å². The number of benzene rings is 1. The summed E-state index contributed by atoms with van der Waals surface area (Å²) >= 11 is 1.10. The Labute approximate surface area is 158 Å². The first-order valence-corrected chi connectivity index (χ1v) is 10.2. The van der Waals surface area contributed by atoms with Crippen LogP contribution in [0.4, 0.5) is 0 Å². The van der Waals surface area contributed by atoms with Crippen LogP contribution in [0.3, 0.4) is 0 Å². The molecule has 1 fully saturated rings. The summed E-state index contributed by atoms with van der Waals surface area (Å²) in [4.78, 5) is 40.7. The molecule has 1 saturated heterocycles. The van der Waals surface area contributed by atoms with Crippen molar-refractivity contribution >= 4 is 49.3 Å². The van der Waals surface area contributed by atoms with Crippen molar-refractivity contribution in [2.45, 2.75) is 24.3 Å². The van der Waals surface area contributed by atoms with E-state index in [0.717, 1.165) is 16.2 Å². The number of hydrogen-bond acceptors (Lipinski definition) is 6. The lowest BCUT2D eigenvalue weighted by Crippen LogP contribution is -2.34. The fraction of sp³-hybridized carbons (Fsp3) is 0.250. The molecule has 0 saturated carbocycles. The number of rotatable bonds is 5. The fourth-order valence-corrected chi connectivity index (χ4v) is 4.41. The van der Waals surface area contributed by atoms with Gasteiger partial charge in [-0.15, -0.1) is 6.58 Å². The molecule has 0 radical (unpaired) electrons. The van der Waals surface area contributed by atoms with Crippen LogP contribution in [0.1, 0.15) is 12.8 Å². The quantitative estimate of drug-likeness (QED) is 0.554. The summed E-state index contributed by atoms with van der Waals surface area (Å²) in [5, 5.41) is 5.16. The summed E-state index contributed by atoms with van der Waals surface area (Å²) in [6, 6.07) is 4.36. The maximum Gasteiger partial charge on any atom is 0.268 e. The van der Waals surface area contributed by atoms with Crippen molar-refractivity contribution in [1.82, 2.24) is 9.47 Å². The summed E-state index contributed by atoms with van der Waals surface area (Å²) in [6.45, 7) is 3.59. The summed E-state index contributed by atoms with van der Waals surface area (Å²) in [6.07, 6.45) is 1.81. The van der Waals surface area contributed by atoms with Crippen molar-refractivity contribution in [2.24, 2.45) is 10.1 Å². The number of thiazole rings is 1. The molecular weight excluding hydrogens is 392 g/mol. The van der Waals surface area contributed by atoms with Gasteiger partial charge in [0.25, 0.3) is 5.91 Å². The smallest absolute Gasteiger partial charge is 0.268 e. The van der Waals surface area contributed by atoms with Crippen LogP contribution < -0.4 is 9.94 Å². The molecule has 2 aromatic rings. The number of primary sulfonamides is 1. The largest absolute Gasteiger partial charge is 0.313 e. The van der Waals surface area contributed by atoms with Gasteiger partial charge in [0.15, 0.2) is 4.80 Å². The molecule has 27 heavy (non-hydrogen) atoms. The second-order valence-corrected chi connectivity index (χ2v) is 8.41. The van der Waals surface area contributed by atoms with Crippen molar-refractivity contribution in [2.75, 3.05) is 6.54 Å². The minimum Gasteiger partial charge on any atom is -0.313 e. The van der Waals surface area contributed by atoms with Crippen molar-refractivity contribution in [1.29, 1.82) is 0 Å². The highest BCUT2D eigenvalue weighted by molar-refractivity contribution is 7.89. The van der Waals surface area contributed by atoms with E-state index in [1.54, 1.807) is 16.7 Å². The maximum atomic E-state index is 12.3. The van der Waals surface area contributed by atoms with Gasteiger partial charge in [-0.3, -0.25) is 19.3 Å². The Kier molecular flexibility index (Phi) is 5.09. The van der Waals surface area contributed by atoms with Gasteiger partial charge in [0.2, 0.25) is 21.8 Å². The Hall–Kier alpha value is -2.63. The highest BCUT2D eigenvalue weighted by Gasteiger charge is 2.30. The number of carbonyl (C=O) groups is 3. The number of nitrogens with zero attached hydrogens (tertiary/aromatic N) is 3. The zero-order chi connectivity index (χ0) is 19.8. The third-order valence-electron chi connectivity index (χ3n) is 3.96. The molecule has 11 heteroatoms. The van der Waals surface area contributed by atoms with E-state index in [1.165, 1.54) is 12.1 Å². The first-order chi connectivity index (χ1) is 12.7. The second-order valence-electron chi connectivity index (χ2n) is 5.84. The van der Waals surface area contributed by atoms with Crippen molar-refractivity contribution in [3.63, 3.8) is 0 Å². The molecular formula is C16H16N4O5S2. The molecule has 0 bridgehead atoms. The van der Waals surface area contributed by atoms with Gasteiger partial charge < -0.3 is 4.57 Å². The Morgan fingerprint density at radius 3 is 2.56 bits per heavy atom. The van der Waals surface area contributed by atoms with Crippen LogP contribution in [-0.4, -0.2) is 42.2 Å². The number of carbonyl (C=O) groups excluding carboxylic acids is 3. The number of fused-ring (bicyclic) bond motifs is 1. The number of allylic oxidation sites excluding steroid dienone is 1. The third-order valence-corrected chi connectivity index (χ3v) is 5.92. The van der Waals surface area contributed by atoms with Crippen LogP contribution in [0, 0.1) is 0 Å². The molecule has 1 aliphatic heterocycles. The predicted molar refractivity (Wildman–Crippen MR) is 97.9 cm³/mol. The number of likely N-dealkylation sites (tertiary alicyclic amines) is 1. The van der Waals surface area contributed by atoms with Gasteiger partial charge in [-0.1, -0.05) is 17.4 Å². The van der Waals surface area contributed by atoms with E-state index in [0.29, 0.717) is 21.6 Å². The zero-order valence-corrected chi connectivity index (χ0v) is 15.8. The number of sulfonamides is 1. The normalized spacial score (nSPS) is 15.7. The van der Waals surface area contributed by atoms with E-state index < -0.39 is 34.3 Å². The van der Waals surface area contributed by atoms with Crippen LogP contribution in [0.25, 0.3) is 10.2 Å². The van der Waals surface area contributed by atoms with Crippen LogP contribution >= 0.6 is 11.3 Å². The van der Waals surface area contributed by atoms with E-state index in [2.05, 4.69) is 11.6 Å². The summed E-state index contributed by atoms with van der Waals surface area (Å²) < 4.78 is 25.3. The number of imide groups is 1. The van der Waals surface area contributed by atoms with Crippen LogP contribution in [0.2, 0.25) is 0 Å². The monoisotopic (exact) mass is 408 g/mol. The van der Waals surface area contributed by atoms with Gasteiger partial charge in [-0.2, -0.15) is 4.99 Å². The molecule has 1 aromatic heterocycles. The molecule has 1 aromatic carbocycles. The number of nitrogens with two attached hydrogens (primary N) is 1. The first-order valence-electron chi connectivity index (χ1n) is 7.88. The zero-order valence-electron chi connectivity index (χ0n) is 14.1. The van der Waals surface area contributed by atoms with Crippen molar-refractivity contribution < 1.29 is 22.8 Å². The van der Waals surface area contributed by atoms with Gasteiger partial charge in [0, 0.05) is 19.4 Å². The summed E-state index contributed by atoms with van der Waals surface area (Å²) in [5.41, 5.74) is 0.659. The second kappa shape index (κ2) is 7.18. The third kappa shape index (κ3) is 3.89. The van der Waals surface area contributed by atoms with Gasteiger partial charge in [-0.05, 0) is 18.2 Å². The van der Waals surface area contributed by atoms with E-state index in [-0.39, 0.29) is 17.7 Å². The SMILES string of the molecule is C=CCn1c(=NC(=O)CN2C(=O)CCC2=O)sc2cc(S(N)(=O)=O)ccc21. The van der Waals surface area contributed by atoms with Crippen LogP contribution in [-0.2, 0) is 31.0 Å². The highest BCUT2D eigenvalue weighted by atomic mass is 32.2. The van der Waals surface area contributed by atoms with E-state index in [1.807, 2.05) is 0 Å². The van der Waals surface area contributed by atoms with E-state index in [9.17, 15) is 22.8 Å². The molecule has 0 atom stereocenters. The van der Waals surface area contributed by atoms with E-state index in [4.69, 9.17) is 5.14 Å². The number of aromatic nitrogens is 1. The fourth-order valence-electron chi connectivity index (χ4n) is 2.70. The Balaban J connectivity index is 2.03. The standard InChI is InChI=1S/C16H16N4O5S2/c1-2-7-19-11-4-3-10(27(17,24)25)8-12(11)26-16(19)18-13(21)9-20-14(22)5-6-15(20)23/h2-4,8H,1,5-7,9H2,(H2,17,24,25). The molecule has 0 spiro atoms. The maximum absolute atomic E-state index is 12.3. The van der Waals surface area contributed by atoms with Gasteiger partial charge in [-0.25, -0.2) is 13.6 Å². The Morgan fingerprint density at radius 2 is 1.96 bits per heavy atom. The minimum absolute atomic E-state index is 0.0480. The molecule has 9 nitrogen and oxygen atoms in total. The molecule has 3 rings (SSSR count). The molecule has 2 N–H and O–H groups in total. The molecule has 1 aliphatic rings. The lowest BCUT2D eigenvalue weighted by Gasteiger charge is -2.10. The Morgan fingerprint density at radius 1 is 1.30 bits per heavy atom. The average Bonchev–Trinajstić information content (AvgIpc) is 3.08. The summed E-state index contributed by atoms with van der Waals surface area (Å²) in [5.74, 6) is -1.43. The highest BCUT2D eigenvalue weighted by Crippen LogP contribution is 2.21. The van der Waals surface area contributed by atoms with Crippen LogP contribution in [0.5, 0.6) is 0 Å². The van der Waals surface area contributed by atoms with Crippen LogP contribution in [0.15, 0.2) is 40.7 Å². The first kappa shape index (κ1) is 19.1. The Bertz CT molecular complexity index is 1130. The van der Waals surface area contributed by atoms with Crippen molar-refractivity contribution in [3.05, 3.63) is 35.7 Å². The lowest BCUT2D eigenvalue weighted by molar-refractivity contribution is -0.141. The summed E-state index contributed by atoms with van der Waals surface area (Å²) in [7, 11) is -3.86. The molecule has 0 aliphatic carbocycles. The van der Waals surface area contributed by atoms with Gasteiger partial charge in [0.1, 0.15) is 6.54 Å². The molecule has 3 amide bonds. The number of hydrogen-bond donors (Lipinski definition) is 1. The van der Waals surface area contributed by atoms with E-state index >= 15 is 0 Å². The topological polar surface area (TPSA) is 132 Å². The molecule has 142 valence electrons. The molecule has 0 unspecified atom stereocenters. The van der Waals surface area contributed by atoms with Gasteiger partial charge >= 0.3 is 0 Å². The average molecular weight is 408 g/mol. The minimum atomic E-state index is -3.86.